The van der Waals surface area contributed by atoms with Crippen molar-refractivity contribution in [1.29, 1.82) is 0 Å². The van der Waals surface area contributed by atoms with E-state index in [1.165, 1.54) is 41.0 Å². The van der Waals surface area contributed by atoms with Gasteiger partial charge in [-0.2, -0.15) is 13.2 Å². The molecule has 1 amide bonds. The van der Waals surface area contributed by atoms with Crippen LogP contribution in [0.15, 0.2) is 54.6 Å². The SMILES string of the molecule is Cc1cc(C(=O)NCc2cccc(F)c2)c(C)n1-c1ccccc1C(F)(F)F. The lowest BCUT2D eigenvalue weighted by Gasteiger charge is -2.16. The van der Waals surface area contributed by atoms with Gasteiger partial charge in [0.2, 0.25) is 0 Å². The van der Waals surface area contributed by atoms with Gasteiger partial charge in [-0.15, -0.1) is 0 Å². The van der Waals surface area contributed by atoms with E-state index in [-0.39, 0.29) is 17.8 Å². The zero-order chi connectivity index (χ0) is 20.5. The van der Waals surface area contributed by atoms with Crippen LogP contribution in [-0.4, -0.2) is 10.5 Å². The van der Waals surface area contributed by atoms with Gasteiger partial charge in [0.25, 0.3) is 5.91 Å². The van der Waals surface area contributed by atoms with Gasteiger partial charge in [0, 0.05) is 17.9 Å². The Morgan fingerprint density at radius 3 is 2.43 bits per heavy atom. The second-order valence-corrected chi connectivity index (χ2v) is 6.45. The summed E-state index contributed by atoms with van der Waals surface area (Å²) in [5.41, 5.74) is 0.948. The summed E-state index contributed by atoms with van der Waals surface area (Å²) < 4.78 is 54.8. The molecular formula is C21H18F4N2O. The van der Waals surface area contributed by atoms with Crippen molar-refractivity contribution in [2.45, 2.75) is 26.6 Å². The Morgan fingerprint density at radius 2 is 1.75 bits per heavy atom. The molecule has 3 aromatic rings. The normalized spacial score (nSPS) is 11.5. The van der Waals surface area contributed by atoms with E-state index < -0.39 is 23.5 Å². The van der Waals surface area contributed by atoms with E-state index >= 15 is 0 Å². The van der Waals surface area contributed by atoms with E-state index in [4.69, 9.17) is 0 Å². The smallest absolute Gasteiger partial charge is 0.348 e. The van der Waals surface area contributed by atoms with Gasteiger partial charge >= 0.3 is 6.18 Å². The molecule has 0 atom stereocenters. The van der Waals surface area contributed by atoms with Crippen LogP contribution in [0.1, 0.15) is 32.9 Å². The van der Waals surface area contributed by atoms with Crippen molar-refractivity contribution >= 4 is 5.91 Å². The number of aromatic nitrogens is 1. The van der Waals surface area contributed by atoms with Crippen LogP contribution in [0.25, 0.3) is 5.69 Å². The maximum Gasteiger partial charge on any atom is 0.418 e. The quantitative estimate of drug-likeness (QED) is 0.612. The average molecular weight is 390 g/mol. The molecule has 0 aliphatic heterocycles. The molecule has 0 fully saturated rings. The fourth-order valence-corrected chi connectivity index (χ4v) is 3.20. The molecule has 1 aromatic heterocycles. The molecule has 3 rings (SSSR count). The Hall–Kier alpha value is -3.09. The number of carbonyl (C=O) groups excluding carboxylic acids is 1. The number of halogens is 4. The van der Waals surface area contributed by atoms with Gasteiger partial charge in [-0.1, -0.05) is 24.3 Å². The number of amides is 1. The van der Waals surface area contributed by atoms with Crippen LogP contribution >= 0.6 is 0 Å². The summed E-state index contributed by atoms with van der Waals surface area (Å²) in [5.74, 6) is -0.846. The van der Waals surface area contributed by atoms with Gasteiger partial charge in [0.15, 0.2) is 0 Å². The standard InChI is InChI=1S/C21H18F4N2O/c1-13-10-17(20(28)26-12-15-6-5-7-16(22)11-15)14(2)27(13)19-9-4-3-8-18(19)21(23,24)25/h3-11H,12H2,1-2H3,(H,26,28). The molecule has 0 saturated heterocycles. The summed E-state index contributed by atoms with van der Waals surface area (Å²) in [5, 5.41) is 2.68. The maximum absolute atomic E-state index is 13.4. The Kier molecular flexibility index (Phi) is 5.27. The van der Waals surface area contributed by atoms with Gasteiger partial charge in [0.05, 0.1) is 16.8 Å². The van der Waals surface area contributed by atoms with E-state index in [0.29, 0.717) is 17.0 Å². The molecule has 0 bridgehead atoms. The molecule has 0 unspecified atom stereocenters. The third-order valence-corrected chi connectivity index (χ3v) is 4.47. The van der Waals surface area contributed by atoms with Crippen molar-refractivity contribution < 1.29 is 22.4 Å². The predicted molar refractivity (Wildman–Crippen MR) is 97.8 cm³/mol. The van der Waals surface area contributed by atoms with E-state index in [1.807, 2.05) is 0 Å². The van der Waals surface area contributed by atoms with Crippen molar-refractivity contribution in [3.63, 3.8) is 0 Å². The Morgan fingerprint density at radius 1 is 1.04 bits per heavy atom. The zero-order valence-electron chi connectivity index (χ0n) is 15.3. The fourth-order valence-electron chi connectivity index (χ4n) is 3.20. The van der Waals surface area contributed by atoms with Gasteiger partial charge in [0.1, 0.15) is 5.82 Å². The van der Waals surface area contributed by atoms with Crippen molar-refractivity contribution in [2.75, 3.05) is 0 Å². The number of rotatable bonds is 4. The number of nitrogens with one attached hydrogen (secondary N) is 1. The highest BCUT2D eigenvalue weighted by Gasteiger charge is 2.34. The van der Waals surface area contributed by atoms with Crippen molar-refractivity contribution in [3.8, 4) is 5.69 Å². The van der Waals surface area contributed by atoms with E-state index in [0.717, 1.165) is 6.07 Å². The summed E-state index contributed by atoms with van der Waals surface area (Å²) in [7, 11) is 0. The fraction of sp³-hybridized carbons (Fsp3) is 0.190. The molecule has 28 heavy (non-hydrogen) atoms. The van der Waals surface area contributed by atoms with E-state index in [1.54, 1.807) is 26.0 Å². The number of hydrogen-bond acceptors (Lipinski definition) is 1. The minimum Gasteiger partial charge on any atom is -0.348 e. The van der Waals surface area contributed by atoms with Gasteiger partial charge in [-0.3, -0.25) is 4.79 Å². The molecule has 3 nitrogen and oxygen atoms in total. The lowest BCUT2D eigenvalue weighted by molar-refractivity contribution is -0.137. The minimum atomic E-state index is -4.51. The van der Waals surface area contributed by atoms with Crippen molar-refractivity contribution in [2.24, 2.45) is 0 Å². The van der Waals surface area contributed by atoms with Crippen LogP contribution in [0.5, 0.6) is 0 Å². The lowest BCUT2D eigenvalue weighted by atomic mass is 10.1. The number of aryl methyl sites for hydroxylation is 1. The number of para-hydroxylation sites is 1. The molecule has 0 aliphatic rings. The second kappa shape index (κ2) is 7.50. The number of benzene rings is 2. The van der Waals surface area contributed by atoms with Crippen molar-refractivity contribution in [1.82, 2.24) is 9.88 Å². The maximum atomic E-state index is 13.4. The van der Waals surface area contributed by atoms with E-state index in [2.05, 4.69) is 5.32 Å². The van der Waals surface area contributed by atoms with Gasteiger partial charge < -0.3 is 9.88 Å². The highest BCUT2D eigenvalue weighted by molar-refractivity contribution is 5.95. The van der Waals surface area contributed by atoms with Crippen LogP contribution in [-0.2, 0) is 12.7 Å². The van der Waals surface area contributed by atoms with Crippen LogP contribution in [0.4, 0.5) is 17.6 Å². The molecule has 1 N–H and O–H groups in total. The largest absolute Gasteiger partial charge is 0.418 e. The molecule has 0 radical (unpaired) electrons. The summed E-state index contributed by atoms with van der Waals surface area (Å²) in [6, 6.07) is 12.6. The summed E-state index contributed by atoms with van der Waals surface area (Å²) in [6.07, 6.45) is -4.51. The second-order valence-electron chi connectivity index (χ2n) is 6.45. The molecular weight excluding hydrogens is 372 g/mol. The summed E-state index contributed by atoms with van der Waals surface area (Å²) in [6.45, 7) is 3.35. The third-order valence-electron chi connectivity index (χ3n) is 4.47. The first-order chi connectivity index (χ1) is 13.2. The third kappa shape index (κ3) is 3.93. The summed E-state index contributed by atoms with van der Waals surface area (Å²) >= 11 is 0. The number of carbonyl (C=O) groups is 1. The van der Waals surface area contributed by atoms with Crippen LogP contribution in [0.3, 0.4) is 0 Å². The number of alkyl halides is 3. The topological polar surface area (TPSA) is 34.0 Å². The predicted octanol–water partition coefficient (Wildman–Crippen LogP) is 5.18. The number of hydrogen-bond donors (Lipinski definition) is 1. The first-order valence-corrected chi connectivity index (χ1v) is 8.56. The van der Waals surface area contributed by atoms with E-state index in [9.17, 15) is 22.4 Å². The molecule has 7 heteroatoms. The van der Waals surface area contributed by atoms with Crippen LogP contribution in [0.2, 0.25) is 0 Å². The average Bonchev–Trinajstić information content (AvgIpc) is 2.93. The zero-order valence-corrected chi connectivity index (χ0v) is 15.3. The molecule has 0 saturated carbocycles. The minimum absolute atomic E-state index is 0.0332. The highest BCUT2D eigenvalue weighted by atomic mass is 19.4. The molecule has 146 valence electrons. The van der Waals surface area contributed by atoms with Gasteiger partial charge in [-0.25, -0.2) is 4.39 Å². The molecule has 0 spiro atoms. The Labute approximate surface area is 159 Å². The van der Waals surface area contributed by atoms with Crippen LogP contribution < -0.4 is 5.32 Å². The highest BCUT2D eigenvalue weighted by Crippen LogP contribution is 2.35. The van der Waals surface area contributed by atoms with Gasteiger partial charge in [-0.05, 0) is 49.7 Å². The lowest BCUT2D eigenvalue weighted by Crippen LogP contribution is -2.23. The van der Waals surface area contributed by atoms with Crippen molar-refractivity contribution in [3.05, 3.63) is 88.5 Å². The molecule has 1 heterocycles. The Bertz CT molecular complexity index is 1020. The van der Waals surface area contributed by atoms with Crippen LogP contribution in [0, 0.1) is 19.7 Å². The number of nitrogens with zero attached hydrogens (tertiary/aromatic N) is 1. The first-order valence-electron chi connectivity index (χ1n) is 8.56. The Balaban J connectivity index is 1.92. The monoisotopic (exact) mass is 390 g/mol. The first kappa shape index (κ1) is 19.7. The summed E-state index contributed by atoms with van der Waals surface area (Å²) in [4.78, 5) is 12.6. The molecule has 0 aliphatic carbocycles. The molecule has 2 aromatic carbocycles.